The van der Waals surface area contributed by atoms with Gasteiger partial charge in [0.05, 0.1) is 17.8 Å². The molecule has 7 nitrogen and oxygen atoms in total. The number of hydrogen-bond acceptors (Lipinski definition) is 4. The molecule has 0 unspecified atom stereocenters. The molecule has 1 aromatic heterocycles. The molecular weight excluding hydrogens is 431 g/mol. The van der Waals surface area contributed by atoms with E-state index in [1.54, 1.807) is 11.8 Å². The first kappa shape index (κ1) is 22.2. The minimum absolute atomic E-state index is 0.110. The summed E-state index contributed by atoms with van der Waals surface area (Å²) in [6.45, 7) is 4.92. The summed E-state index contributed by atoms with van der Waals surface area (Å²) < 4.78 is 42.7. The van der Waals surface area contributed by atoms with Crippen molar-refractivity contribution in [1.29, 1.82) is 0 Å². The van der Waals surface area contributed by atoms with E-state index in [0.717, 1.165) is 17.3 Å². The molecule has 1 fully saturated rings. The Morgan fingerprint density at radius 1 is 0.969 bits per heavy atom. The van der Waals surface area contributed by atoms with E-state index in [4.69, 9.17) is 0 Å². The number of halogens is 1. The Bertz CT molecular complexity index is 1230. The molecule has 4 rings (SSSR count). The fourth-order valence-electron chi connectivity index (χ4n) is 4.00. The second kappa shape index (κ2) is 8.84. The fraction of sp³-hybridized carbons (Fsp3) is 0.304. The predicted molar refractivity (Wildman–Crippen MR) is 118 cm³/mol. The number of carbonyl (C=O) groups excluding carboxylic acids is 1. The zero-order chi connectivity index (χ0) is 22.9. The largest absolute Gasteiger partial charge is 0.336 e. The first-order chi connectivity index (χ1) is 15.3. The molecule has 1 aliphatic heterocycles. The van der Waals surface area contributed by atoms with Crippen LogP contribution in [0.4, 0.5) is 4.39 Å². The van der Waals surface area contributed by atoms with E-state index in [-0.39, 0.29) is 37.0 Å². The van der Waals surface area contributed by atoms with E-state index in [2.05, 4.69) is 5.10 Å². The van der Waals surface area contributed by atoms with E-state index < -0.39 is 15.8 Å². The average molecular weight is 457 g/mol. The Hall–Kier alpha value is -3.04. The van der Waals surface area contributed by atoms with Crippen molar-refractivity contribution < 1.29 is 17.6 Å². The van der Waals surface area contributed by atoms with Gasteiger partial charge in [0.2, 0.25) is 10.0 Å². The highest BCUT2D eigenvalue weighted by Crippen LogP contribution is 2.22. The number of sulfonamides is 1. The summed E-state index contributed by atoms with van der Waals surface area (Å²) in [5, 5.41) is 4.55. The minimum atomic E-state index is -3.95. The summed E-state index contributed by atoms with van der Waals surface area (Å²) >= 11 is 0. The van der Waals surface area contributed by atoms with Gasteiger partial charge in [-0.2, -0.15) is 9.40 Å². The van der Waals surface area contributed by atoms with Gasteiger partial charge in [-0.25, -0.2) is 12.8 Å². The summed E-state index contributed by atoms with van der Waals surface area (Å²) in [5.74, 6) is -0.940. The zero-order valence-electron chi connectivity index (χ0n) is 18.0. The monoisotopic (exact) mass is 456 g/mol. The summed E-state index contributed by atoms with van der Waals surface area (Å²) in [4.78, 5) is 14.5. The SMILES string of the molecule is Cc1nn(Cc2ccccc2)c(C)c1C(=O)N1CCN(S(=O)(=O)c2ccccc2F)CC1. The number of rotatable bonds is 5. The molecule has 0 radical (unpaired) electrons. The van der Waals surface area contributed by atoms with Crippen LogP contribution in [0, 0.1) is 19.7 Å². The predicted octanol–water partition coefficient (Wildman–Crippen LogP) is 2.83. The van der Waals surface area contributed by atoms with Gasteiger partial charge in [-0.05, 0) is 31.5 Å². The summed E-state index contributed by atoms with van der Waals surface area (Å²) in [6.07, 6.45) is 0. The number of aryl methyl sites for hydroxylation is 1. The van der Waals surface area contributed by atoms with Crippen molar-refractivity contribution in [2.45, 2.75) is 25.3 Å². The quantitative estimate of drug-likeness (QED) is 0.592. The smallest absolute Gasteiger partial charge is 0.257 e. The van der Waals surface area contributed by atoms with Gasteiger partial charge in [0.25, 0.3) is 5.91 Å². The standard InChI is InChI=1S/C23H25FN4O3S/c1-17-22(18(2)28(25-17)16-19-8-4-3-5-9-19)23(29)26-12-14-27(15-13-26)32(30,31)21-11-7-6-10-20(21)24/h3-11H,12-16H2,1-2H3. The highest BCUT2D eigenvalue weighted by atomic mass is 32.2. The lowest BCUT2D eigenvalue weighted by atomic mass is 10.1. The van der Waals surface area contributed by atoms with Crippen LogP contribution < -0.4 is 0 Å². The third-order valence-electron chi connectivity index (χ3n) is 5.75. The van der Waals surface area contributed by atoms with Crippen molar-refractivity contribution in [3.05, 3.63) is 82.9 Å². The molecular formula is C23H25FN4O3S. The lowest BCUT2D eigenvalue weighted by Gasteiger charge is -2.34. The van der Waals surface area contributed by atoms with Crippen LogP contribution in [0.25, 0.3) is 0 Å². The molecule has 0 saturated carbocycles. The molecule has 1 amide bonds. The molecule has 32 heavy (non-hydrogen) atoms. The van der Waals surface area contributed by atoms with Crippen LogP contribution in [-0.2, 0) is 16.6 Å². The van der Waals surface area contributed by atoms with Gasteiger partial charge in [0, 0.05) is 31.9 Å². The van der Waals surface area contributed by atoms with Crippen LogP contribution in [0.5, 0.6) is 0 Å². The normalized spacial score (nSPS) is 15.2. The first-order valence-electron chi connectivity index (χ1n) is 10.4. The Labute approximate surface area is 187 Å². The molecule has 0 aliphatic carbocycles. The van der Waals surface area contributed by atoms with Gasteiger partial charge in [-0.15, -0.1) is 0 Å². The van der Waals surface area contributed by atoms with Gasteiger partial charge in [0.15, 0.2) is 0 Å². The first-order valence-corrected chi connectivity index (χ1v) is 11.8. The molecule has 0 spiro atoms. The van der Waals surface area contributed by atoms with E-state index >= 15 is 0 Å². The van der Waals surface area contributed by atoms with Crippen molar-refractivity contribution in [2.75, 3.05) is 26.2 Å². The Kier molecular flexibility index (Phi) is 6.12. The molecule has 0 N–H and O–H groups in total. The van der Waals surface area contributed by atoms with Crippen LogP contribution in [0.2, 0.25) is 0 Å². The minimum Gasteiger partial charge on any atom is -0.336 e. The molecule has 0 bridgehead atoms. The maximum Gasteiger partial charge on any atom is 0.257 e. The van der Waals surface area contributed by atoms with Gasteiger partial charge < -0.3 is 4.90 Å². The summed E-state index contributed by atoms with van der Waals surface area (Å²) in [6, 6.07) is 15.2. The lowest BCUT2D eigenvalue weighted by Crippen LogP contribution is -2.50. The van der Waals surface area contributed by atoms with Gasteiger partial charge >= 0.3 is 0 Å². The Balaban J connectivity index is 1.48. The van der Waals surface area contributed by atoms with Crippen LogP contribution in [0.3, 0.4) is 0 Å². The molecule has 168 valence electrons. The van der Waals surface area contributed by atoms with Crippen LogP contribution in [0.1, 0.15) is 27.3 Å². The van der Waals surface area contributed by atoms with Gasteiger partial charge in [0.1, 0.15) is 10.7 Å². The molecule has 0 atom stereocenters. The fourth-order valence-corrected chi connectivity index (χ4v) is 5.49. The topological polar surface area (TPSA) is 75.5 Å². The highest BCUT2D eigenvalue weighted by Gasteiger charge is 2.33. The van der Waals surface area contributed by atoms with Crippen molar-refractivity contribution in [1.82, 2.24) is 19.0 Å². The third-order valence-corrected chi connectivity index (χ3v) is 7.68. The van der Waals surface area contributed by atoms with Crippen molar-refractivity contribution in [3.63, 3.8) is 0 Å². The van der Waals surface area contributed by atoms with Gasteiger partial charge in [-0.1, -0.05) is 42.5 Å². The van der Waals surface area contributed by atoms with E-state index in [1.807, 2.05) is 41.9 Å². The van der Waals surface area contributed by atoms with E-state index in [0.29, 0.717) is 17.8 Å². The van der Waals surface area contributed by atoms with Crippen LogP contribution >= 0.6 is 0 Å². The van der Waals surface area contributed by atoms with Crippen molar-refractivity contribution in [2.24, 2.45) is 0 Å². The number of hydrogen-bond donors (Lipinski definition) is 0. The Morgan fingerprint density at radius 3 is 2.25 bits per heavy atom. The number of nitrogens with zero attached hydrogens (tertiary/aromatic N) is 4. The third kappa shape index (κ3) is 4.18. The molecule has 1 saturated heterocycles. The highest BCUT2D eigenvalue weighted by molar-refractivity contribution is 7.89. The molecule has 2 heterocycles. The van der Waals surface area contributed by atoms with E-state index in [9.17, 15) is 17.6 Å². The van der Waals surface area contributed by atoms with Gasteiger partial charge in [-0.3, -0.25) is 9.48 Å². The Morgan fingerprint density at radius 2 is 1.59 bits per heavy atom. The zero-order valence-corrected chi connectivity index (χ0v) is 18.8. The van der Waals surface area contributed by atoms with Crippen LogP contribution in [0.15, 0.2) is 59.5 Å². The van der Waals surface area contributed by atoms with Crippen LogP contribution in [-0.4, -0.2) is 59.5 Å². The summed E-state index contributed by atoms with van der Waals surface area (Å²) in [7, 11) is -3.95. The average Bonchev–Trinajstić information content (AvgIpc) is 3.07. The van der Waals surface area contributed by atoms with Crippen molar-refractivity contribution in [3.8, 4) is 0 Å². The summed E-state index contributed by atoms with van der Waals surface area (Å²) in [5.41, 5.74) is 3.05. The second-order valence-electron chi connectivity index (χ2n) is 7.82. The second-order valence-corrected chi connectivity index (χ2v) is 9.72. The maximum atomic E-state index is 14.0. The maximum absolute atomic E-state index is 14.0. The number of aromatic nitrogens is 2. The molecule has 1 aliphatic rings. The lowest BCUT2D eigenvalue weighted by molar-refractivity contribution is 0.0696. The number of benzene rings is 2. The number of amides is 1. The van der Waals surface area contributed by atoms with Crippen molar-refractivity contribution >= 4 is 15.9 Å². The molecule has 2 aromatic carbocycles. The number of carbonyl (C=O) groups is 1. The van der Waals surface area contributed by atoms with E-state index in [1.165, 1.54) is 22.5 Å². The molecule has 3 aromatic rings. The number of piperazine rings is 1. The molecule has 9 heteroatoms.